The van der Waals surface area contributed by atoms with E-state index in [1.54, 1.807) is 0 Å². The van der Waals surface area contributed by atoms with Crippen molar-refractivity contribution in [2.75, 3.05) is 6.54 Å². The molecule has 0 amide bonds. The Kier molecular flexibility index (Phi) is 4.99. The molecule has 2 rings (SSSR count). The standard InChI is InChI=1S/C15H24N2/c1-13(15-10-6-7-11-16-15)17-12-14-8-4-2-3-5-9-14/h6-7,10-11,13-14,17H,2-5,8-9,12H2,1H3/t13-/m1/s1. The minimum absolute atomic E-state index is 0.374. The van der Waals surface area contributed by atoms with Crippen LogP contribution in [0.25, 0.3) is 0 Å². The monoisotopic (exact) mass is 232 g/mol. The molecule has 17 heavy (non-hydrogen) atoms. The highest BCUT2D eigenvalue weighted by atomic mass is 14.9. The molecule has 0 bridgehead atoms. The summed E-state index contributed by atoms with van der Waals surface area (Å²) in [5, 5.41) is 3.63. The van der Waals surface area contributed by atoms with Crippen LogP contribution in [0, 0.1) is 5.92 Å². The molecule has 2 nitrogen and oxygen atoms in total. The fourth-order valence-corrected chi connectivity index (χ4v) is 2.65. The van der Waals surface area contributed by atoms with Crippen molar-refractivity contribution in [1.82, 2.24) is 10.3 Å². The molecule has 1 heterocycles. The number of hydrogen-bond acceptors (Lipinski definition) is 2. The number of rotatable bonds is 4. The zero-order valence-corrected chi connectivity index (χ0v) is 10.9. The second kappa shape index (κ2) is 6.75. The van der Waals surface area contributed by atoms with E-state index in [0.29, 0.717) is 6.04 Å². The maximum atomic E-state index is 4.40. The van der Waals surface area contributed by atoms with Gasteiger partial charge in [0, 0.05) is 12.2 Å². The van der Waals surface area contributed by atoms with Gasteiger partial charge in [0.25, 0.3) is 0 Å². The van der Waals surface area contributed by atoms with Crippen LogP contribution in [0.5, 0.6) is 0 Å². The first-order chi connectivity index (χ1) is 8.36. The molecule has 0 saturated heterocycles. The van der Waals surface area contributed by atoms with Gasteiger partial charge in [-0.3, -0.25) is 4.98 Å². The van der Waals surface area contributed by atoms with E-state index in [2.05, 4.69) is 29.4 Å². The van der Waals surface area contributed by atoms with E-state index in [-0.39, 0.29) is 0 Å². The minimum Gasteiger partial charge on any atom is -0.309 e. The molecule has 0 aromatic carbocycles. The summed E-state index contributed by atoms with van der Waals surface area (Å²) in [4.78, 5) is 4.40. The van der Waals surface area contributed by atoms with Gasteiger partial charge in [0.15, 0.2) is 0 Å². The third kappa shape index (κ3) is 4.12. The molecular weight excluding hydrogens is 208 g/mol. The Morgan fingerprint density at radius 3 is 2.65 bits per heavy atom. The summed E-state index contributed by atoms with van der Waals surface area (Å²) in [6.45, 7) is 3.36. The molecule has 1 aromatic rings. The summed E-state index contributed by atoms with van der Waals surface area (Å²) >= 11 is 0. The van der Waals surface area contributed by atoms with Crippen molar-refractivity contribution >= 4 is 0 Å². The van der Waals surface area contributed by atoms with Gasteiger partial charge in [-0.15, -0.1) is 0 Å². The quantitative estimate of drug-likeness (QED) is 0.801. The van der Waals surface area contributed by atoms with Crippen molar-refractivity contribution < 1.29 is 0 Å². The largest absolute Gasteiger partial charge is 0.309 e. The molecule has 1 fully saturated rings. The summed E-state index contributed by atoms with van der Waals surface area (Å²) in [5.41, 5.74) is 1.15. The van der Waals surface area contributed by atoms with Crippen LogP contribution in [0.15, 0.2) is 24.4 Å². The first-order valence-corrected chi connectivity index (χ1v) is 7.00. The van der Waals surface area contributed by atoms with Crippen molar-refractivity contribution in [3.63, 3.8) is 0 Å². The Morgan fingerprint density at radius 1 is 1.24 bits per heavy atom. The Morgan fingerprint density at radius 2 is 2.00 bits per heavy atom. The van der Waals surface area contributed by atoms with Gasteiger partial charge in [-0.05, 0) is 44.4 Å². The van der Waals surface area contributed by atoms with Gasteiger partial charge >= 0.3 is 0 Å². The van der Waals surface area contributed by atoms with E-state index in [0.717, 1.165) is 18.2 Å². The number of nitrogens with zero attached hydrogens (tertiary/aromatic N) is 1. The maximum Gasteiger partial charge on any atom is 0.0570 e. The van der Waals surface area contributed by atoms with Gasteiger partial charge in [0.05, 0.1) is 5.69 Å². The Hall–Kier alpha value is -0.890. The van der Waals surface area contributed by atoms with Crippen molar-refractivity contribution in [3.05, 3.63) is 30.1 Å². The Balaban J connectivity index is 1.77. The zero-order chi connectivity index (χ0) is 11.9. The maximum absolute atomic E-state index is 4.40. The van der Waals surface area contributed by atoms with E-state index < -0.39 is 0 Å². The summed E-state index contributed by atoms with van der Waals surface area (Å²) in [7, 11) is 0. The van der Waals surface area contributed by atoms with Crippen LogP contribution < -0.4 is 5.32 Å². The average Bonchev–Trinajstić information content (AvgIpc) is 2.65. The lowest BCUT2D eigenvalue weighted by atomic mass is 10.00. The van der Waals surface area contributed by atoms with E-state index in [9.17, 15) is 0 Å². The summed E-state index contributed by atoms with van der Waals surface area (Å²) in [5.74, 6) is 0.878. The molecule has 1 aliphatic rings. The fraction of sp³-hybridized carbons (Fsp3) is 0.667. The van der Waals surface area contributed by atoms with Crippen LogP contribution in [0.2, 0.25) is 0 Å². The molecule has 1 aliphatic carbocycles. The lowest BCUT2D eigenvalue weighted by Gasteiger charge is -2.19. The highest BCUT2D eigenvalue weighted by molar-refractivity contribution is 5.07. The predicted octanol–water partition coefficient (Wildman–Crippen LogP) is 3.70. The summed E-state index contributed by atoms with van der Waals surface area (Å²) in [6, 6.07) is 6.51. The van der Waals surface area contributed by atoms with Crippen LogP contribution in [-0.2, 0) is 0 Å². The van der Waals surface area contributed by atoms with Crippen LogP contribution >= 0.6 is 0 Å². The highest BCUT2D eigenvalue weighted by Crippen LogP contribution is 2.22. The second-order valence-corrected chi connectivity index (χ2v) is 5.24. The van der Waals surface area contributed by atoms with Gasteiger partial charge in [-0.25, -0.2) is 0 Å². The molecule has 1 atom stereocenters. The SMILES string of the molecule is C[C@@H](NCC1CCCCCC1)c1ccccn1. The number of pyridine rings is 1. The van der Waals surface area contributed by atoms with E-state index >= 15 is 0 Å². The molecule has 0 unspecified atom stereocenters. The third-order valence-corrected chi connectivity index (χ3v) is 3.82. The predicted molar refractivity (Wildman–Crippen MR) is 71.8 cm³/mol. The minimum atomic E-state index is 0.374. The molecule has 0 spiro atoms. The van der Waals surface area contributed by atoms with Crippen LogP contribution in [-0.4, -0.2) is 11.5 Å². The average molecular weight is 232 g/mol. The van der Waals surface area contributed by atoms with Gasteiger partial charge in [0.1, 0.15) is 0 Å². The first kappa shape index (κ1) is 12.6. The van der Waals surface area contributed by atoms with E-state index in [1.807, 2.05) is 12.3 Å². The molecular formula is C15H24N2. The van der Waals surface area contributed by atoms with E-state index in [4.69, 9.17) is 0 Å². The third-order valence-electron chi connectivity index (χ3n) is 3.82. The molecule has 2 heteroatoms. The molecule has 1 aromatic heterocycles. The molecule has 0 aliphatic heterocycles. The van der Waals surface area contributed by atoms with Crippen LogP contribution in [0.4, 0.5) is 0 Å². The zero-order valence-electron chi connectivity index (χ0n) is 10.9. The topological polar surface area (TPSA) is 24.9 Å². The molecule has 1 saturated carbocycles. The lowest BCUT2D eigenvalue weighted by Crippen LogP contribution is -2.26. The van der Waals surface area contributed by atoms with Gasteiger partial charge < -0.3 is 5.32 Å². The van der Waals surface area contributed by atoms with Crippen molar-refractivity contribution in [1.29, 1.82) is 0 Å². The number of aromatic nitrogens is 1. The Bertz CT molecular complexity index is 302. The van der Waals surface area contributed by atoms with Gasteiger partial charge in [-0.1, -0.05) is 31.7 Å². The normalized spacial score (nSPS) is 19.8. The molecule has 1 N–H and O–H groups in total. The van der Waals surface area contributed by atoms with Crippen LogP contribution in [0.3, 0.4) is 0 Å². The van der Waals surface area contributed by atoms with Gasteiger partial charge in [0.2, 0.25) is 0 Å². The summed E-state index contributed by atoms with van der Waals surface area (Å²) < 4.78 is 0. The van der Waals surface area contributed by atoms with Crippen molar-refractivity contribution in [2.24, 2.45) is 5.92 Å². The Labute approximate surface area is 105 Å². The first-order valence-electron chi connectivity index (χ1n) is 7.00. The van der Waals surface area contributed by atoms with Crippen molar-refractivity contribution in [2.45, 2.75) is 51.5 Å². The smallest absolute Gasteiger partial charge is 0.0570 e. The molecule has 94 valence electrons. The summed E-state index contributed by atoms with van der Waals surface area (Å²) in [6.07, 6.45) is 10.4. The fourth-order valence-electron chi connectivity index (χ4n) is 2.65. The second-order valence-electron chi connectivity index (χ2n) is 5.24. The number of nitrogens with one attached hydrogen (secondary N) is 1. The highest BCUT2D eigenvalue weighted by Gasteiger charge is 2.13. The van der Waals surface area contributed by atoms with Gasteiger partial charge in [-0.2, -0.15) is 0 Å². The van der Waals surface area contributed by atoms with Crippen molar-refractivity contribution in [3.8, 4) is 0 Å². The van der Waals surface area contributed by atoms with Crippen LogP contribution in [0.1, 0.15) is 57.2 Å². The van der Waals surface area contributed by atoms with E-state index in [1.165, 1.54) is 38.5 Å². The number of hydrogen-bond donors (Lipinski definition) is 1. The molecule has 0 radical (unpaired) electrons. The lowest BCUT2D eigenvalue weighted by molar-refractivity contribution is 0.400.